The molecule has 0 atom stereocenters. The molecule has 0 saturated heterocycles. The van der Waals surface area contributed by atoms with Crippen LogP contribution >= 0.6 is 0 Å². The third kappa shape index (κ3) is 8.59. The Balaban J connectivity index is 1.51. The predicted molar refractivity (Wildman–Crippen MR) is 154 cm³/mol. The van der Waals surface area contributed by atoms with E-state index in [0.29, 0.717) is 30.2 Å². The van der Waals surface area contributed by atoms with Gasteiger partial charge < -0.3 is 15.2 Å². The molecule has 12 heteroatoms. The van der Waals surface area contributed by atoms with Crippen LogP contribution in [0, 0.1) is 0 Å². The number of carbonyl (C=O) groups is 1. The highest BCUT2D eigenvalue weighted by Gasteiger charge is 2.35. The van der Waals surface area contributed by atoms with Crippen LogP contribution in [0.2, 0.25) is 25.7 Å². The standard InChI is InChI=1S/C29H30F3N5O3Si/c1-41(2,3)14-13-40-19-37-18-23(16-34-37)21-8-10-24(11-9-21)35-28-25(29(30,31)32)17-33-27(36-28)22-6-4-5-20(15-22)7-12-26(38)39/h4-12,15-18H,13-14,19H2,1-3H3,(H,38,39)(H,33,35,36). The van der Waals surface area contributed by atoms with E-state index in [2.05, 4.69) is 40.0 Å². The first kappa shape index (κ1) is 29.7. The fourth-order valence-electron chi connectivity index (χ4n) is 3.78. The molecule has 2 heterocycles. The summed E-state index contributed by atoms with van der Waals surface area (Å²) in [4.78, 5) is 18.9. The summed E-state index contributed by atoms with van der Waals surface area (Å²) in [6, 6.07) is 14.5. The number of halogens is 3. The summed E-state index contributed by atoms with van der Waals surface area (Å²) in [5.74, 6) is -1.46. The SMILES string of the molecule is C[Si](C)(C)CCOCn1cc(-c2ccc(Nc3nc(-c4cccc(C=CC(=O)O)c4)ncc3C(F)(F)F)cc2)cn1. The average Bonchev–Trinajstić information content (AvgIpc) is 3.38. The number of carboxylic acid groups (broad SMARTS) is 1. The number of hydrogen-bond donors (Lipinski definition) is 2. The molecule has 0 unspecified atom stereocenters. The highest BCUT2D eigenvalue weighted by molar-refractivity contribution is 6.76. The number of aromatic nitrogens is 4. The van der Waals surface area contributed by atoms with Crippen LogP contribution in [0.4, 0.5) is 24.7 Å². The van der Waals surface area contributed by atoms with E-state index < -0.39 is 31.6 Å². The van der Waals surface area contributed by atoms with Crippen molar-refractivity contribution in [2.45, 2.75) is 38.6 Å². The molecule has 0 aliphatic rings. The van der Waals surface area contributed by atoms with Gasteiger partial charge in [0.15, 0.2) is 5.82 Å². The van der Waals surface area contributed by atoms with Crippen LogP contribution in [0.25, 0.3) is 28.6 Å². The van der Waals surface area contributed by atoms with Gasteiger partial charge in [0.25, 0.3) is 0 Å². The third-order valence-corrected chi connectivity index (χ3v) is 7.70. The fourth-order valence-corrected chi connectivity index (χ4v) is 4.53. The van der Waals surface area contributed by atoms with Crippen molar-refractivity contribution < 1.29 is 27.8 Å². The normalized spacial score (nSPS) is 12.1. The van der Waals surface area contributed by atoms with Crippen molar-refractivity contribution in [3.63, 3.8) is 0 Å². The van der Waals surface area contributed by atoms with Crippen LogP contribution < -0.4 is 5.32 Å². The topological polar surface area (TPSA) is 102 Å². The number of alkyl halides is 3. The smallest absolute Gasteiger partial charge is 0.421 e. The molecule has 4 rings (SSSR count). The van der Waals surface area contributed by atoms with Crippen LogP contribution in [0.3, 0.4) is 0 Å². The lowest BCUT2D eigenvalue weighted by atomic mass is 10.1. The summed E-state index contributed by atoms with van der Waals surface area (Å²) in [5, 5.41) is 16.0. The molecule has 2 aromatic carbocycles. The van der Waals surface area contributed by atoms with Crippen molar-refractivity contribution in [1.29, 1.82) is 0 Å². The highest BCUT2D eigenvalue weighted by Crippen LogP contribution is 2.36. The number of benzene rings is 2. The Labute approximate surface area is 236 Å². The monoisotopic (exact) mass is 581 g/mol. The van der Waals surface area contributed by atoms with Crippen molar-refractivity contribution in [1.82, 2.24) is 19.7 Å². The molecule has 2 N–H and O–H groups in total. The van der Waals surface area contributed by atoms with Crippen molar-refractivity contribution >= 4 is 31.6 Å². The van der Waals surface area contributed by atoms with Crippen molar-refractivity contribution in [2.24, 2.45) is 0 Å². The highest BCUT2D eigenvalue weighted by atomic mass is 28.3. The number of rotatable bonds is 11. The van der Waals surface area contributed by atoms with Crippen LogP contribution in [0.1, 0.15) is 11.1 Å². The van der Waals surface area contributed by atoms with Crippen LogP contribution in [0.5, 0.6) is 0 Å². The Hall–Kier alpha value is -4.29. The van der Waals surface area contributed by atoms with Gasteiger partial charge in [-0.3, -0.25) is 0 Å². The van der Waals surface area contributed by atoms with Crippen molar-refractivity contribution in [3.8, 4) is 22.5 Å². The Bertz CT molecular complexity index is 1530. The zero-order valence-corrected chi connectivity index (χ0v) is 23.8. The molecule has 0 radical (unpaired) electrons. The Kier molecular flexibility index (Phi) is 9.04. The molecule has 0 aliphatic heterocycles. The first-order valence-corrected chi connectivity index (χ1v) is 16.5. The van der Waals surface area contributed by atoms with E-state index in [4.69, 9.17) is 9.84 Å². The van der Waals surface area contributed by atoms with Gasteiger partial charge in [-0.15, -0.1) is 0 Å². The molecular formula is C29H30F3N5O3Si. The molecular weight excluding hydrogens is 551 g/mol. The van der Waals surface area contributed by atoms with Crippen LogP contribution in [0.15, 0.2) is 73.2 Å². The lowest BCUT2D eigenvalue weighted by molar-refractivity contribution is -0.137. The first-order chi connectivity index (χ1) is 19.4. The molecule has 0 saturated carbocycles. The van der Waals surface area contributed by atoms with E-state index in [1.54, 1.807) is 59.4 Å². The number of anilines is 2. The van der Waals surface area contributed by atoms with E-state index in [1.807, 2.05) is 6.20 Å². The molecule has 4 aromatic rings. The van der Waals surface area contributed by atoms with E-state index in [9.17, 15) is 18.0 Å². The van der Waals surface area contributed by atoms with E-state index in [1.165, 1.54) is 6.08 Å². The lowest BCUT2D eigenvalue weighted by Crippen LogP contribution is -2.22. The summed E-state index contributed by atoms with van der Waals surface area (Å²) in [7, 11) is -1.17. The van der Waals surface area contributed by atoms with Gasteiger partial charge >= 0.3 is 12.1 Å². The first-order valence-electron chi connectivity index (χ1n) is 12.8. The second kappa shape index (κ2) is 12.5. The molecule has 8 nitrogen and oxygen atoms in total. The molecule has 0 bridgehead atoms. The lowest BCUT2D eigenvalue weighted by Gasteiger charge is -2.15. The van der Waals surface area contributed by atoms with Crippen LogP contribution in [-0.2, 0) is 22.4 Å². The number of ether oxygens (including phenoxy) is 1. The summed E-state index contributed by atoms with van der Waals surface area (Å²) in [6.07, 6.45) is 1.97. The number of nitrogens with one attached hydrogen (secondary N) is 1. The minimum atomic E-state index is -4.68. The van der Waals surface area contributed by atoms with Gasteiger partial charge in [-0.05, 0) is 41.4 Å². The fraction of sp³-hybridized carbons (Fsp3) is 0.241. The average molecular weight is 582 g/mol. The third-order valence-electron chi connectivity index (χ3n) is 5.99. The molecule has 214 valence electrons. The van der Waals surface area contributed by atoms with Gasteiger partial charge in [0.05, 0.1) is 6.20 Å². The number of hydrogen-bond acceptors (Lipinski definition) is 6. The minimum absolute atomic E-state index is 0.0576. The largest absolute Gasteiger partial charge is 0.478 e. The van der Waals surface area contributed by atoms with Gasteiger partial charge in [0, 0.05) is 50.0 Å². The van der Waals surface area contributed by atoms with Gasteiger partial charge in [0.2, 0.25) is 0 Å². The zero-order chi connectivity index (χ0) is 29.6. The molecule has 0 amide bonds. The van der Waals surface area contributed by atoms with Crippen LogP contribution in [-0.4, -0.2) is 45.5 Å². The Morgan fingerprint density at radius 2 is 1.83 bits per heavy atom. The maximum absolute atomic E-state index is 13.8. The van der Waals surface area contributed by atoms with E-state index in [0.717, 1.165) is 29.4 Å². The maximum Gasteiger partial charge on any atom is 0.421 e. The maximum atomic E-state index is 13.8. The molecule has 0 fully saturated rings. The van der Waals surface area contributed by atoms with Gasteiger partial charge in [-0.25, -0.2) is 19.4 Å². The van der Waals surface area contributed by atoms with Gasteiger partial charge in [-0.2, -0.15) is 18.3 Å². The molecule has 0 aliphatic carbocycles. The summed E-state index contributed by atoms with van der Waals surface area (Å²) in [5.41, 5.74) is 2.06. The number of carboxylic acids is 1. The van der Waals surface area contributed by atoms with Gasteiger partial charge in [-0.1, -0.05) is 50.0 Å². The summed E-state index contributed by atoms with van der Waals surface area (Å²) >= 11 is 0. The number of nitrogens with zero attached hydrogens (tertiary/aromatic N) is 4. The van der Waals surface area contributed by atoms with Crippen molar-refractivity contribution in [2.75, 3.05) is 11.9 Å². The van der Waals surface area contributed by atoms with Crippen molar-refractivity contribution in [3.05, 3.63) is 84.3 Å². The second-order valence-corrected chi connectivity index (χ2v) is 16.2. The minimum Gasteiger partial charge on any atom is -0.478 e. The molecule has 41 heavy (non-hydrogen) atoms. The van der Waals surface area contributed by atoms with E-state index >= 15 is 0 Å². The zero-order valence-electron chi connectivity index (χ0n) is 22.8. The number of aliphatic carboxylic acids is 1. The van der Waals surface area contributed by atoms with E-state index in [-0.39, 0.29) is 5.82 Å². The quantitative estimate of drug-likeness (QED) is 0.110. The Morgan fingerprint density at radius 3 is 2.51 bits per heavy atom. The second-order valence-electron chi connectivity index (χ2n) is 10.6. The van der Waals surface area contributed by atoms with Gasteiger partial charge in [0.1, 0.15) is 18.1 Å². The Morgan fingerprint density at radius 1 is 1.07 bits per heavy atom. The summed E-state index contributed by atoms with van der Waals surface area (Å²) in [6.45, 7) is 7.90. The molecule has 0 spiro atoms. The summed E-state index contributed by atoms with van der Waals surface area (Å²) < 4.78 is 48.8. The predicted octanol–water partition coefficient (Wildman–Crippen LogP) is 7.18. The molecule has 2 aromatic heterocycles.